The van der Waals surface area contributed by atoms with Gasteiger partial charge in [-0.15, -0.1) is 0 Å². The number of hydrogen-bond acceptors (Lipinski definition) is 1. The van der Waals surface area contributed by atoms with Crippen LogP contribution in [-0.4, -0.2) is 22.0 Å². The first kappa shape index (κ1) is 8.49. The fourth-order valence-electron chi connectivity index (χ4n) is 1.16. The van der Waals surface area contributed by atoms with Crippen molar-refractivity contribution in [2.45, 2.75) is 12.8 Å². The van der Waals surface area contributed by atoms with Gasteiger partial charge < -0.3 is 5.11 Å². The summed E-state index contributed by atoms with van der Waals surface area (Å²) < 4.78 is 0. The van der Waals surface area contributed by atoms with Crippen molar-refractivity contribution in [3.63, 3.8) is 0 Å². The lowest BCUT2D eigenvalue weighted by atomic mass is 10.1. The van der Waals surface area contributed by atoms with Crippen molar-refractivity contribution >= 4 is 15.4 Å². The molecule has 0 fully saturated rings. The van der Waals surface area contributed by atoms with Crippen LogP contribution in [0.25, 0.3) is 0 Å². The van der Waals surface area contributed by atoms with Crippen molar-refractivity contribution in [2.24, 2.45) is 0 Å². The van der Waals surface area contributed by atoms with Gasteiger partial charge in [0.05, 0.1) is 0 Å². The third-order valence-corrected chi connectivity index (χ3v) is 2.84. The van der Waals surface area contributed by atoms with Crippen LogP contribution in [0.3, 0.4) is 0 Å². The van der Waals surface area contributed by atoms with Crippen LogP contribution in [0.15, 0.2) is 24.3 Å². The van der Waals surface area contributed by atoms with Crippen LogP contribution in [-0.2, 0) is 6.42 Å². The number of rotatable bonds is 3. The van der Waals surface area contributed by atoms with E-state index < -0.39 is 0 Å². The molecule has 0 heterocycles. The van der Waals surface area contributed by atoms with Crippen molar-refractivity contribution in [2.75, 3.05) is 6.61 Å². The van der Waals surface area contributed by atoms with E-state index in [-0.39, 0.29) is 0 Å². The Morgan fingerprint density at radius 2 is 2.00 bits per heavy atom. The Morgan fingerprint density at radius 1 is 1.27 bits per heavy atom. The first-order valence-corrected chi connectivity index (χ1v) is 5.00. The molecule has 0 bridgehead atoms. The van der Waals surface area contributed by atoms with E-state index in [0.29, 0.717) is 6.61 Å². The Kier molecular flexibility index (Phi) is 3.33. The zero-order chi connectivity index (χ0) is 8.10. The molecule has 0 aliphatic heterocycles. The van der Waals surface area contributed by atoms with Crippen LogP contribution >= 0.6 is 0 Å². The zero-order valence-electron chi connectivity index (χ0n) is 6.88. The third-order valence-electron chi connectivity index (χ3n) is 1.87. The fourth-order valence-corrected chi connectivity index (χ4v) is 1.77. The minimum atomic E-state index is 0.301. The Bertz CT molecular complexity index is 223. The Morgan fingerprint density at radius 3 is 2.64 bits per heavy atom. The Balaban J connectivity index is 2.62. The quantitative estimate of drug-likeness (QED) is 0.606. The lowest BCUT2D eigenvalue weighted by Gasteiger charge is -2.02. The normalized spacial score (nSPS) is 10.3. The molecule has 0 unspecified atom stereocenters. The standard InChI is InChI=1S/C9H14OSi/c10-7-3-5-8-4-1-2-6-9(8)11/h1-2,4,6,10H,3,5,7H2,11H3. The molecule has 1 aromatic carbocycles. The maximum Gasteiger partial charge on any atom is 0.0434 e. The molecule has 0 amide bonds. The fraction of sp³-hybridized carbons (Fsp3) is 0.333. The first-order valence-electron chi connectivity index (χ1n) is 4.00. The molecule has 1 rings (SSSR count). The summed E-state index contributed by atoms with van der Waals surface area (Å²) in [6.07, 6.45) is 1.91. The van der Waals surface area contributed by atoms with Gasteiger partial charge in [-0.1, -0.05) is 29.5 Å². The molecule has 0 aromatic heterocycles. The van der Waals surface area contributed by atoms with Crippen LogP contribution in [0, 0.1) is 0 Å². The van der Waals surface area contributed by atoms with Crippen LogP contribution in [0.2, 0.25) is 0 Å². The molecule has 0 spiro atoms. The largest absolute Gasteiger partial charge is 0.396 e. The number of aliphatic hydroxyl groups excluding tert-OH is 1. The number of aliphatic hydroxyl groups is 1. The van der Waals surface area contributed by atoms with Crippen LogP contribution < -0.4 is 5.19 Å². The van der Waals surface area contributed by atoms with E-state index in [1.54, 1.807) is 0 Å². The summed E-state index contributed by atoms with van der Waals surface area (Å²) in [5.41, 5.74) is 1.41. The van der Waals surface area contributed by atoms with Gasteiger partial charge in [0.1, 0.15) is 0 Å². The molecule has 0 saturated carbocycles. The predicted molar refractivity (Wildman–Crippen MR) is 51.4 cm³/mol. The van der Waals surface area contributed by atoms with Gasteiger partial charge in [-0.2, -0.15) is 0 Å². The molecule has 0 atom stereocenters. The zero-order valence-corrected chi connectivity index (χ0v) is 8.88. The van der Waals surface area contributed by atoms with E-state index >= 15 is 0 Å². The Labute approximate surface area is 70.5 Å². The molecular weight excluding hydrogens is 152 g/mol. The van der Waals surface area contributed by atoms with Crippen molar-refractivity contribution in [3.8, 4) is 0 Å². The predicted octanol–water partition coefficient (Wildman–Crippen LogP) is -0.398. The number of hydrogen-bond donors (Lipinski definition) is 1. The molecule has 1 nitrogen and oxygen atoms in total. The van der Waals surface area contributed by atoms with Crippen LogP contribution in [0.4, 0.5) is 0 Å². The van der Waals surface area contributed by atoms with Crippen LogP contribution in [0.1, 0.15) is 12.0 Å². The highest BCUT2D eigenvalue weighted by molar-refractivity contribution is 6.33. The summed E-state index contributed by atoms with van der Waals surface area (Å²) in [6, 6.07) is 8.45. The molecule has 0 aliphatic rings. The van der Waals surface area contributed by atoms with E-state index in [1.807, 2.05) is 0 Å². The third kappa shape index (κ3) is 2.48. The second-order valence-electron chi connectivity index (χ2n) is 2.75. The van der Waals surface area contributed by atoms with Crippen molar-refractivity contribution in [3.05, 3.63) is 29.8 Å². The summed E-state index contributed by atoms with van der Waals surface area (Å²) in [5.74, 6) is 0. The second kappa shape index (κ2) is 4.31. The maximum atomic E-state index is 8.63. The van der Waals surface area contributed by atoms with Gasteiger partial charge in [-0.3, -0.25) is 0 Å². The number of benzene rings is 1. The molecule has 2 heteroatoms. The lowest BCUT2D eigenvalue weighted by Crippen LogP contribution is -2.09. The van der Waals surface area contributed by atoms with Gasteiger partial charge in [-0.25, -0.2) is 0 Å². The maximum absolute atomic E-state index is 8.63. The highest BCUT2D eigenvalue weighted by Crippen LogP contribution is 1.98. The minimum Gasteiger partial charge on any atom is -0.396 e. The molecule has 0 radical (unpaired) electrons. The minimum absolute atomic E-state index is 0.301. The van der Waals surface area contributed by atoms with E-state index in [0.717, 1.165) is 23.1 Å². The molecule has 60 valence electrons. The Hall–Kier alpha value is -0.603. The highest BCUT2D eigenvalue weighted by atomic mass is 28.1. The summed E-state index contributed by atoms with van der Waals surface area (Å²) in [5, 5.41) is 10.1. The summed E-state index contributed by atoms with van der Waals surface area (Å²) in [4.78, 5) is 0. The number of aryl methyl sites for hydroxylation is 1. The van der Waals surface area contributed by atoms with Gasteiger partial charge >= 0.3 is 0 Å². The average Bonchev–Trinajstić information content (AvgIpc) is 2.03. The molecule has 0 aliphatic carbocycles. The van der Waals surface area contributed by atoms with Crippen molar-refractivity contribution in [1.29, 1.82) is 0 Å². The van der Waals surface area contributed by atoms with Gasteiger partial charge in [-0.05, 0) is 18.4 Å². The molecule has 1 N–H and O–H groups in total. The average molecular weight is 166 g/mol. The van der Waals surface area contributed by atoms with E-state index in [4.69, 9.17) is 5.11 Å². The van der Waals surface area contributed by atoms with Gasteiger partial charge in [0, 0.05) is 16.8 Å². The molecule has 0 saturated heterocycles. The van der Waals surface area contributed by atoms with Gasteiger partial charge in [0.2, 0.25) is 0 Å². The second-order valence-corrected chi connectivity index (χ2v) is 3.83. The smallest absolute Gasteiger partial charge is 0.0434 e. The topological polar surface area (TPSA) is 20.2 Å². The SMILES string of the molecule is OCCCc1ccccc1[SiH3]. The van der Waals surface area contributed by atoms with E-state index in [1.165, 1.54) is 10.8 Å². The van der Waals surface area contributed by atoms with Gasteiger partial charge in [0.25, 0.3) is 0 Å². The summed E-state index contributed by atoms with van der Waals surface area (Å²) in [7, 11) is 1.11. The monoisotopic (exact) mass is 166 g/mol. The van der Waals surface area contributed by atoms with Crippen LogP contribution in [0.5, 0.6) is 0 Å². The van der Waals surface area contributed by atoms with Crippen molar-refractivity contribution in [1.82, 2.24) is 0 Å². The molecule has 11 heavy (non-hydrogen) atoms. The summed E-state index contributed by atoms with van der Waals surface area (Å²) in [6.45, 7) is 0.301. The van der Waals surface area contributed by atoms with Gasteiger partial charge in [0.15, 0.2) is 0 Å². The van der Waals surface area contributed by atoms with E-state index in [2.05, 4.69) is 24.3 Å². The molecular formula is C9H14OSi. The lowest BCUT2D eigenvalue weighted by molar-refractivity contribution is 0.288. The highest BCUT2D eigenvalue weighted by Gasteiger charge is 1.94. The first-order chi connectivity index (χ1) is 5.34. The van der Waals surface area contributed by atoms with Crippen molar-refractivity contribution < 1.29 is 5.11 Å². The van der Waals surface area contributed by atoms with E-state index in [9.17, 15) is 0 Å². The summed E-state index contributed by atoms with van der Waals surface area (Å²) >= 11 is 0. The molecule has 1 aromatic rings.